The van der Waals surface area contributed by atoms with Crippen molar-refractivity contribution in [3.05, 3.63) is 38.9 Å². The number of carboxylic acids is 1. The maximum atomic E-state index is 12.5. The molecule has 0 unspecified atom stereocenters. The Bertz CT molecular complexity index is 1050. The molecule has 1 heterocycles. The fourth-order valence-corrected chi connectivity index (χ4v) is 3.78. The lowest BCUT2D eigenvalue weighted by molar-refractivity contribution is -0.137. The molecule has 10 heteroatoms. The number of benzene rings is 1. The summed E-state index contributed by atoms with van der Waals surface area (Å²) in [5, 5.41) is 8.79. The van der Waals surface area contributed by atoms with Gasteiger partial charge in [0, 0.05) is 20.1 Å². The summed E-state index contributed by atoms with van der Waals surface area (Å²) >= 11 is 0. The van der Waals surface area contributed by atoms with Crippen molar-refractivity contribution < 1.29 is 18.3 Å². The zero-order valence-corrected chi connectivity index (χ0v) is 14.9. The Kier molecular flexibility index (Phi) is 5.14. The minimum atomic E-state index is -4.04. The van der Waals surface area contributed by atoms with Gasteiger partial charge in [-0.2, -0.15) is 4.31 Å². The highest BCUT2D eigenvalue weighted by Gasteiger charge is 2.24. The number of carbonyl (C=O) groups is 1. The number of nitrogens with zero attached hydrogens (tertiary/aromatic N) is 3. The van der Waals surface area contributed by atoms with Crippen LogP contribution in [0, 0.1) is 0 Å². The van der Waals surface area contributed by atoms with E-state index in [2.05, 4.69) is 0 Å². The Hall–Kier alpha value is -2.46. The fraction of sp³-hybridized carbons (Fsp3) is 0.400. The van der Waals surface area contributed by atoms with Crippen LogP contribution in [0.15, 0.2) is 32.7 Å². The van der Waals surface area contributed by atoms with Crippen LogP contribution >= 0.6 is 0 Å². The number of fused-ring (bicyclic) bond motifs is 1. The first-order valence-electron chi connectivity index (χ1n) is 7.60. The summed E-state index contributed by atoms with van der Waals surface area (Å²) in [4.78, 5) is 35.0. The number of aliphatic carboxylic acids is 1. The third-order valence-electron chi connectivity index (χ3n) is 3.90. The van der Waals surface area contributed by atoms with Gasteiger partial charge in [-0.15, -0.1) is 0 Å². The molecular formula is C15H19N3O6S. The number of aromatic nitrogens is 2. The Balaban J connectivity index is 2.80. The number of hydrogen-bond acceptors (Lipinski definition) is 5. The van der Waals surface area contributed by atoms with Crippen LogP contribution in [0.1, 0.15) is 13.8 Å². The number of likely N-dealkylation sites (N-methyl/N-ethyl adjacent to an activating group) is 1. The van der Waals surface area contributed by atoms with Gasteiger partial charge in [0.05, 0.1) is 15.9 Å². The summed E-state index contributed by atoms with van der Waals surface area (Å²) in [6.45, 7) is 3.16. The van der Waals surface area contributed by atoms with Crippen molar-refractivity contribution in [1.82, 2.24) is 13.4 Å². The number of aryl methyl sites for hydroxylation is 2. The second-order valence-corrected chi connectivity index (χ2v) is 7.45. The topological polar surface area (TPSA) is 119 Å². The van der Waals surface area contributed by atoms with E-state index >= 15 is 0 Å². The molecule has 0 fully saturated rings. The molecule has 0 spiro atoms. The Labute approximate surface area is 143 Å². The van der Waals surface area contributed by atoms with Gasteiger partial charge in [-0.3, -0.25) is 14.4 Å². The zero-order valence-electron chi connectivity index (χ0n) is 14.1. The average Bonchev–Trinajstić information content (AvgIpc) is 2.55. The lowest BCUT2D eigenvalue weighted by atomic mass is 10.2. The molecule has 2 rings (SSSR count). The molecule has 0 aliphatic rings. The molecule has 136 valence electrons. The van der Waals surface area contributed by atoms with Crippen LogP contribution in [0.2, 0.25) is 0 Å². The molecule has 1 aromatic carbocycles. The van der Waals surface area contributed by atoms with Crippen LogP contribution in [0.25, 0.3) is 11.0 Å². The van der Waals surface area contributed by atoms with Crippen LogP contribution < -0.4 is 11.1 Å². The highest BCUT2D eigenvalue weighted by atomic mass is 32.2. The van der Waals surface area contributed by atoms with Crippen molar-refractivity contribution in [2.75, 3.05) is 13.6 Å². The second kappa shape index (κ2) is 6.81. The van der Waals surface area contributed by atoms with E-state index in [1.165, 1.54) is 27.3 Å². The molecule has 0 radical (unpaired) electrons. The van der Waals surface area contributed by atoms with Crippen molar-refractivity contribution in [1.29, 1.82) is 0 Å². The Morgan fingerprint density at radius 3 is 2.08 bits per heavy atom. The zero-order chi connectivity index (χ0) is 18.9. The normalized spacial score (nSPS) is 12.0. The number of sulfonamides is 1. The SMILES string of the molecule is CCn1c(=O)c(=O)n(CC)c2cc(S(=O)(=O)N(C)CC(=O)O)ccc21. The minimum Gasteiger partial charge on any atom is -0.480 e. The van der Waals surface area contributed by atoms with E-state index in [1.54, 1.807) is 13.8 Å². The molecule has 0 atom stereocenters. The molecule has 1 N–H and O–H groups in total. The first-order valence-corrected chi connectivity index (χ1v) is 9.04. The van der Waals surface area contributed by atoms with Crippen molar-refractivity contribution in [3.8, 4) is 0 Å². The molecule has 0 saturated carbocycles. The van der Waals surface area contributed by atoms with Gasteiger partial charge < -0.3 is 14.2 Å². The summed E-state index contributed by atoms with van der Waals surface area (Å²) in [5.74, 6) is -1.28. The molecule has 2 aromatic rings. The van der Waals surface area contributed by atoms with E-state index in [0.717, 1.165) is 7.05 Å². The van der Waals surface area contributed by atoms with E-state index in [1.807, 2.05) is 0 Å². The molecule has 0 saturated heterocycles. The third-order valence-corrected chi connectivity index (χ3v) is 5.70. The second-order valence-electron chi connectivity index (χ2n) is 5.40. The van der Waals surface area contributed by atoms with Gasteiger partial charge in [-0.05, 0) is 32.0 Å². The van der Waals surface area contributed by atoms with Crippen LogP contribution in [0.4, 0.5) is 0 Å². The summed E-state index contributed by atoms with van der Waals surface area (Å²) in [7, 11) is -2.88. The monoisotopic (exact) mass is 369 g/mol. The van der Waals surface area contributed by atoms with Gasteiger partial charge in [0.1, 0.15) is 6.54 Å². The quantitative estimate of drug-likeness (QED) is 0.711. The maximum Gasteiger partial charge on any atom is 0.318 e. The van der Waals surface area contributed by atoms with Crippen molar-refractivity contribution in [2.45, 2.75) is 31.8 Å². The predicted octanol–water partition coefficient (Wildman–Crippen LogP) is -0.0919. The molecule has 0 amide bonds. The molecule has 25 heavy (non-hydrogen) atoms. The van der Waals surface area contributed by atoms with Crippen LogP contribution in [-0.2, 0) is 27.9 Å². The standard InChI is InChI=1S/C15H19N3O6S/c1-4-17-11-7-6-10(25(23,24)16(3)9-13(19)20)8-12(11)18(5-2)15(22)14(17)21/h6-8H,4-5,9H2,1-3H3,(H,19,20). The van der Waals surface area contributed by atoms with E-state index in [4.69, 9.17) is 5.11 Å². The number of carboxylic acid groups (broad SMARTS) is 1. The smallest absolute Gasteiger partial charge is 0.318 e. The predicted molar refractivity (Wildman–Crippen MR) is 91.3 cm³/mol. The summed E-state index contributed by atoms with van der Waals surface area (Å²) in [6, 6.07) is 4.04. The van der Waals surface area contributed by atoms with Gasteiger partial charge in [0.15, 0.2) is 0 Å². The van der Waals surface area contributed by atoms with E-state index in [0.29, 0.717) is 15.3 Å². The molecular weight excluding hydrogens is 350 g/mol. The highest BCUT2D eigenvalue weighted by Crippen LogP contribution is 2.20. The van der Waals surface area contributed by atoms with Gasteiger partial charge in [0.25, 0.3) is 0 Å². The van der Waals surface area contributed by atoms with E-state index < -0.39 is 33.7 Å². The van der Waals surface area contributed by atoms with Crippen LogP contribution in [0.5, 0.6) is 0 Å². The van der Waals surface area contributed by atoms with Crippen LogP contribution in [0.3, 0.4) is 0 Å². The lowest BCUT2D eigenvalue weighted by Gasteiger charge is -2.17. The van der Waals surface area contributed by atoms with Gasteiger partial charge in [0.2, 0.25) is 10.0 Å². The Morgan fingerprint density at radius 1 is 1.08 bits per heavy atom. The molecule has 9 nitrogen and oxygen atoms in total. The minimum absolute atomic E-state index is 0.147. The van der Waals surface area contributed by atoms with E-state index in [-0.39, 0.29) is 18.0 Å². The first kappa shape index (κ1) is 18.9. The molecule has 0 bridgehead atoms. The lowest BCUT2D eigenvalue weighted by Crippen LogP contribution is -2.41. The fourth-order valence-electron chi connectivity index (χ4n) is 2.64. The molecule has 0 aliphatic carbocycles. The van der Waals surface area contributed by atoms with E-state index in [9.17, 15) is 22.8 Å². The number of hydrogen-bond donors (Lipinski definition) is 1. The van der Waals surface area contributed by atoms with Crippen molar-refractivity contribution >= 4 is 27.0 Å². The van der Waals surface area contributed by atoms with Crippen LogP contribution in [-0.4, -0.2) is 46.5 Å². The largest absolute Gasteiger partial charge is 0.480 e. The Morgan fingerprint density at radius 2 is 1.60 bits per heavy atom. The first-order chi connectivity index (χ1) is 11.6. The summed E-state index contributed by atoms with van der Waals surface area (Å²) < 4.78 is 28.2. The molecule has 0 aliphatic heterocycles. The highest BCUT2D eigenvalue weighted by molar-refractivity contribution is 7.89. The van der Waals surface area contributed by atoms with Gasteiger partial charge >= 0.3 is 17.1 Å². The maximum absolute atomic E-state index is 12.5. The van der Waals surface area contributed by atoms with Gasteiger partial charge in [-0.1, -0.05) is 0 Å². The third kappa shape index (κ3) is 3.22. The number of rotatable bonds is 6. The van der Waals surface area contributed by atoms with Crippen molar-refractivity contribution in [2.24, 2.45) is 0 Å². The van der Waals surface area contributed by atoms with Crippen molar-refractivity contribution in [3.63, 3.8) is 0 Å². The summed E-state index contributed by atoms with van der Waals surface area (Å²) in [6.07, 6.45) is 0. The summed E-state index contributed by atoms with van der Waals surface area (Å²) in [5.41, 5.74) is -0.659. The van der Waals surface area contributed by atoms with Gasteiger partial charge in [-0.25, -0.2) is 8.42 Å². The molecule has 1 aromatic heterocycles. The average molecular weight is 369 g/mol.